The highest BCUT2D eigenvalue weighted by atomic mass is 16.5. The van der Waals surface area contributed by atoms with E-state index < -0.39 is 0 Å². The van der Waals surface area contributed by atoms with Gasteiger partial charge in [-0.15, -0.1) is 0 Å². The molecule has 1 saturated heterocycles. The number of hydrogen-bond acceptors (Lipinski definition) is 5. The molecular formula is C15H22N2O4. The topological polar surface area (TPSA) is 71.0 Å². The molecule has 1 aromatic carbocycles. The number of morpholine rings is 1. The Morgan fingerprint density at radius 3 is 3.10 bits per heavy atom. The highest BCUT2D eigenvalue weighted by Crippen LogP contribution is 2.23. The van der Waals surface area contributed by atoms with Crippen LogP contribution in [0.1, 0.15) is 6.92 Å². The molecule has 1 heterocycles. The van der Waals surface area contributed by atoms with Crippen molar-refractivity contribution in [1.29, 1.82) is 0 Å². The van der Waals surface area contributed by atoms with Gasteiger partial charge in [-0.05, 0) is 19.1 Å². The third kappa shape index (κ3) is 4.70. The van der Waals surface area contributed by atoms with Gasteiger partial charge >= 0.3 is 0 Å². The van der Waals surface area contributed by atoms with Gasteiger partial charge in [-0.3, -0.25) is 9.69 Å². The van der Waals surface area contributed by atoms with Crippen LogP contribution in [-0.4, -0.2) is 61.5 Å². The fourth-order valence-electron chi connectivity index (χ4n) is 2.28. The molecular weight excluding hydrogens is 272 g/mol. The Balaban J connectivity index is 1.89. The fourth-order valence-corrected chi connectivity index (χ4v) is 2.28. The molecule has 6 heteroatoms. The second kappa shape index (κ2) is 7.97. The zero-order chi connectivity index (χ0) is 15.1. The van der Waals surface area contributed by atoms with Crippen molar-refractivity contribution < 1.29 is 19.4 Å². The van der Waals surface area contributed by atoms with Crippen molar-refractivity contribution in [2.75, 3.05) is 44.8 Å². The van der Waals surface area contributed by atoms with Gasteiger partial charge in [0.15, 0.2) is 0 Å². The molecule has 1 aliphatic heterocycles. The van der Waals surface area contributed by atoms with E-state index in [-0.39, 0.29) is 25.2 Å². The van der Waals surface area contributed by atoms with Crippen LogP contribution in [0.25, 0.3) is 0 Å². The standard InChI is InChI=1S/C15H22N2O4/c1-2-20-14-6-4-3-5-13(14)16-15(19)10-17-7-8-21-12(9-17)11-18/h3-6,12,18H,2,7-11H2,1H3,(H,16,19). The zero-order valence-corrected chi connectivity index (χ0v) is 12.2. The summed E-state index contributed by atoms with van der Waals surface area (Å²) >= 11 is 0. The molecule has 2 rings (SSSR count). The monoisotopic (exact) mass is 294 g/mol. The van der Waals surface area contributed by atoms with E-state index in [9.17, 15) is 4.79 Å². The van der Waals surface area contributed by atoms with Crippen LogP contribution in [0.4, 0.5) is 5.69 Å². The summed E-state index contributed by atoms with van der Waals surface area (Å²) in [6.07, 6.45) is -0.206. The fraction of sp³-hybridized carbons (Fsp3) is 0.533. The van der Waals surface area contributed by atoms with E-state index in [0.717, 1.165) is 0 Å². The summed E-state index contributed by atoms with van der Waals surface area (Å²) in [6.45, 7) is 4.50. The first-order valence-corrected chi connectivity index (χ1v) is 7.19. The van der Waals surface area contributed by atoms with Crippen LogP contribution in [0.3, 0.4) is 0 Å². The maximum absolute atomic E-state index is 12.1. The summed E-state index contributed by atoms with van der Waals surface area (Å²) in [6, 6.07) is 7.37. The summed E-state index contributed by atoms with van der Waals surface area (Å²) in [5.41, 5.74) is 0.677. The van der Waals surface area contributed by atoms with E-state index in [1.54, 1.807) is 0 Å². The summed E-state index contributed by atoms with van der Waals surface area (Å²) in [7, 11) is 0. The molecule has 0 radical (unpaired) electrons. The van der Waals surface area contributed by atoms with Crippen LogP contribution in [0.15, 0.2) is 24.3 Å². The molecule has 1 aromatic rings. The average Bonchev–Trinajstić information content (AvgIpc) is 2.49. The number of carbonyl (C=O) groups is 1. The lowest BCUT2D eigenvalue weighted by Gasteiger charge is -2.31. The third-order valence-electron chi connectivity index (χ3n) is 3.25. The third-order valence-corrected chi connectivity index (χ3v) is 3.25. The van der Waals surface area contributed by atoms with Crippen molar-refractivity contribution in [1.82, 2.24) is 4.90 Å². The van der Waals surface area contributed by atoms with E-state index >= 15 is 0 Å². The number of aliphatic hydroxyl groups excluding tert-OH is 1. The van der Waals surface area contributed by atoms with Gasteiger partial charge in [-0.2, -0.15) is 0 Å². The van der Waals surface area contributed by atoms with Gasteiger partial charge < -0.3 is 19.9 Å². The minimum Gasteiger partial charge on any atom is -0.492 e. The number of anilines is 1. The van der Waals surface area contributed by atoms with Gasteiger partial charge in [0, 0.05) is 13.1 Å². The Morgan fingerprint density at radius 1 is 1.52 bits per heavy atom. The first kappa shape index (κ1) is 15.8. The van der Waals surface area contributed by atoms with E-state index in [1.807, 2.05) is 36.1 Å². The number of para-hydroxylation sites is 2. The van der Waals surface area contributed by atoms with E-state index in [0.29, 0.717) is 37.7 Å². The largest absolute Gasteiger partial charge is 0.492 e. The number of aliphatic hydroxyl groups is 1. The van der Waals surface area contributed by atoms with E-state index in [4.69, 9.17) is 14.6 Å². The summed E-state index contributed by atoms with van der Waals surface area (Å²) < 4.78 is 10.8. The van der Waals surface area contributed by atoms with Crippen molar-refractivity contribution in [3.63, 3.8) is 0 Å². The molecule has 1 fully saturated rings. The smallest absolute Gasteiger partial charge is 0.238 e. The Bertz CT molecular complexity index is 467. The van der Waals surface area contributed by atoms with Crippen LogP contribution in [0, 0.1) is 0 Å². The molecule has 0 spiro atoms. The number of benzene rings is 1. The van der Waals surface area contributed by atoms with Gasteiger partial charge in [0.2, 0.25) is 5.91 Å². The van der Waals surface area contributed by atoms with Gasteiger partial charge in [-0.25, -0.2) is 0 Å². The number of amides is 1. The predicted molar refractivity (Wildman–Crippen MR) is 79.5 cm³/mol. The number of ether oxygens (including phenoxy) is 2. The molecule has 0 bridgehead atoms. The van der Waals surface area contributed by atoms with Crippen LogP contribution >= 0.6 is 0 Å². The second-order valence-corrected chi connectivity index (χ2v) is 4.89. The number of rotatable bonds is 6. The van der Waals surface area contributed by atoms with Gasteiger partial charge in [0.05, 0.1) is 38.2 Å². The molecule has 1 unspecified atom stereocenters. The van der Waals surface area contributed by atoms with Crippen molar-refractivity contribution in [3.8, 4) is 5.75 Å². The lowest BCUT2D eigenvalue weighted by Crippen LogP contribution is -2.46. The van der Waals surface area contributed by atoms with Crippen molar-refractivity contribution >= 4 is 11.6 Å². The number of nitrogens with zero attached hydrogens (tertiary/aromatic N) is 1. The molecule has 0 aromatic heterocycles. The first-order chi connectivity index (χ1) is 10.2. The Morgan fingerprint density at radius 2 is 2.33 bits per heavy atom. The molecule has 6 nitrogen and oxygen atoms in total. The molecule has 1 amide bonds. The quantitative estimate of drug-likeness (QED) is 0.809. The van der Waals surface area contributed by atoms with Crippen LogP contribution in [-0.2, 0) is 9.53 Å². The summed E-state index contributed by atoms with van der Waals surface area (Å²) in [4.78, 5) is 14.1. The Labute approximate surface area is 124 Å². The number of carbonyl (C=O) groups excluding carboxylic acids is 1. The number of hydrogen-bond donors (Lipinski definition) is 2. The molecule has 21 heavy (non-hydrogen) atoms. The van der Waals surface area contributed by atoms with Gasteiger partial charge in [0.25, 0.3) is 0 Å². The minimum absolute atomic E-state index is 0.0225. The van der Waals surface area contributed by atoms with Crippen molar-refractivity contribution in [2.45, 2.75) is 13.0 Å². The first-order valence-electron chi connectivity index (χ1n) is 7.19. The maximum Gasteiger partial charge on any atom is 0.238 e. The molecule has 2 N–H and O–H groups in total. The van der Waals surface area contributed by atoms with Crippen molar-refractivity contribution in [3.05, 3.63) is 24.3 Å². The summed E-state index contributed by atoms with van der Waals surface area (Å²) in [5.74, 6) is 0.573. The molecule has 1 aliphatic rings. The average molecular weight is 294 g/mol. The molecule has 0 saturated carbocycles. The Kier molecular flexibility index (Phi) is 5.98. The maximum atomic E-state index is 12.1. The lowest BCUT2D eigenvalue weighted by molar-refractivity contribution is -0.120. The SMILES string of the molecule is CCOc1ccccc1NC(=O)CN1CCOC(CO)C1. The summed E-state index contributed by atoms with van der Waals surface area (Å²) in [5, 5.41) is 12.0. The van der Waals surface area contributed by atoms with Crippen molar-refractivity contribution in [2.24, 2.45) is 0 Å². The lowest BCUT2D eigenvalue weighted by atomic mass is 10.2. The van der Waals surface area contributed by atoms with Gasteiger partial charge in [-0.1, -0.05) is 12.1 Å². The van der Waals surface area contributed by atoms with E-state index in [1.165, 1.54) is 0 Å². The Hall–Kier alpha value is -1.63. The van der Waals surface area contributed by atoms with E-state index in [2.05, 4.69) is 5.32 Å². The number of nitrogens with one attached hydrogen (secondary N) is 1. The zero-order valence-electron chi connectivity index (χ0n) is 12.2. The minimum atomic E-state index is -0.206. The molecule has 0 aliphatic carbocycles. The normalized spacial score (nSPS) is 19.2. The molecule has 1 atom stereocenters. The predicted octanol–water partition coefficient (Wildman–Crippen LogP) is 0.717. The van der Waals surface area contributed by atoms with Crippen LogP contribution in [0.5, 0.6) is 5.75 Å². The second-order valence-electron chi connectivity index (χ2n) is 4.89. The van der Waals surface area contributed by atoms with Crippen LogP contribution in [0.2, 0.25) is 0 Å². The van der Waals surface area contributed by atoms with Gasteiger partial charge in [0.1, 0.15) is 5.75 Å². The van der Waals surface area contributed by atoms with Crippen LogP contribution < -0.4 is 10.1 Å². The highest BCUT2D eigenvalue weighted by Gasteiger charge is 2.21. The molecule has 116 valence electrons. The highest BCUT2D eigenvalue weighted by molar-refractivity contribution is 5.93.